The fourth-order valence-corrected chi connectivity index (χ4v) is 2.37. The van der Waals surface area contributed by atoms with Crippen molar-refractivity contribution in [1.29, 1.82) is 0 Å². The van der Waals surface area contributed by atoms with Gasteiger partial charge in [-0.3, -0.25) is 14.9 Å². The van der Waals surface area contributed by atoms with E-state index in [9.17, 15) is 20.0 Å². The Morgan fingerprint density at radius 3 is 2.43 bits per heavy atom. The Kier molecular flexibility index (Phi) is 6.48. The van der Waals surface area contributed by atoms with E-state index >= 15 is 0 Å². The highest BCUT2D eigenvalue weighted by Gasteiger charge is 2.27. The molecule has 2 aromatic carbocycles. The van der Waals surface area contributed by atoms with Crippen LogP contribution >= 0.6 is 11.6 Å². The summed E-state index contributed by atoms with van der Waals surface area (Å²) in [5, 5.41) is 23.9. The van der Waals surface area contributed by atoms with Crippen LogP contribution in [-0.4, -0.2) is 34.7 Å². The number of carbonyl (C=O) groups excluding carboxylic acids is 1. The minimum absolute atomic E-state index is 0.0138. The number of nitro benzene ring substituents is 1. The number of hydrogen-bond acceptors (Lipinski definition) is 6. The highest BCUT2D eigenvalue weighted by Crippen LogP contribution is 2.37. The van der Waals surface area contributed by atoms with Gasteiger partial charge in [-0.2, -0.15) is 0 Å². The van der Waals surface area contributed by atoms with Crippen molar-refractivity contribution in [1.82, 2.24) is 5.32 Å². The van der Waals surface area contributed by atoms with Gasteiger partial charge >= 0.3 is 5.69 Å². The number of nitrogens with zero attached hydrogens (tertiary/aromatic N) is 1. The third-order valence-electron chi connectivity index (χ3n) is 4.24. The Balaban J connectivity index is 2.32. The van der Waals surface area contributed by atoms with Gasteiger partial charge < -0.3 is 19.9 Å². The molecule has 0 saturated heterocycles. The maximum atomic E-state index is 12.5. The molecule has 150 valence electrons. The first-order valence-corrected chi connectivity index (χ1v) is 8.73. The van der Waals surface area contributed by atoms with Crippen LogP contribution in [0.15, 0.2) is 36.4 Å². The van der Waals surface area contributed by atoms with E-state index in [2.05, 4.69) is 5.32 Å². The molecule has 0 heterocycles. The average Bonchev–Trinajstić information content (AvgIpc) is 2.62. The molecule has 1 unspecified atom stereocenters. The number of halogens is 1. The van der Waals surface area contributed by atoms with Gasteiger partial charge in [0.2, 0.25) is 5.75 Å². The third-order valence-corrected chi connectivity index (χ3v) is 4.48. The standard InChI is InChI=1S/C19H21ClN2O6/c1-11(23)19(2,3)21-18(24)12-5-7-16(17(9-12)27-4)28-15-8-6-13(20)10-14(15)22(25)26/h5-11,23H,1-4H3,(H,21,24). The summed E-state index contributed by atoms with van der Waals surface area (Å²) in [6.07, 6.45) is -0.758. The van der Waals surface area contributed by atoms with Crippen molar-refractivity contribution >= 4 is 23.2 Å². The summed E-state index contributed by atoms with van der Waals surface area (Å²) < 4.78 is 10.9. The van der Waals surface area contributed by atoms with Crippen LogP contribution in [0.5, 0.6) is 17.2 Å². The van der Waals surface area contributed by atoms with Gasteiger partial charge in [-0.1, -0.05) is 11.6 Å². The molecular formula is C19H21ClN2O6. The van der Waals surface area contributed by atoms with Crippen molar-refractivity contribution in [3.05, 3.63) is 57.1 Å². The number of nitro groups is 1. The van der Waals surface area contributed by atoms with E-state index in [-0.39, 0.29) is 33.5 Å². The number of methoxy groups -OCH3 is 1. The highest BCUT2D eigenvalue weighted by atomic mass is 35.5. The van der Waals surface area contributed by atoms with Crippen molar-refractivity contribution in [3.63, 3.8) is 0 Å². The van der Waals surface area contributed by atoms with Gasteiger partial charge in [0.25, 0.3) is 5.91 Å². The van der Waals surface area contributed by atoms with Gasteiger partial charge in [0.05, 0.1) is 23.7 Å². The predicted octanol–water partition coefficient (Wildman–Crippen LogP) is 3.94. The lowest BCUT2D eigenvalue weighted by atomic mass is 9.98. The molecule has 2 aromatic rings. The van der Waals surface area contributed by atoms with Crippen molar-refractivity contribution in [2.75, 3.05) is 7.11 Å². The minimum Gasteiger partial charge on any atom is -0.493 e. The molecule has 2 N–H and O–H groups in total. The lowest BCUT2D eigenvalue weighted by Crippen LogP contribution is -2.50. The van der Waals surface area contributed by atoms with Crippen LogP contribution in [0.3, 0.4) is 0 Å². The number of aliphatic hydroxyl groups is 1. The topological polar surface area (TPSA) is 111 Å². The molecule has 9 heteroatoms. The zero-order valence-electron chi connectivity index (χ0n) is 15.9. The first kappa shape index (κ1) is 21.5. The van der Waals surface area contributed by atoms with Crippen molar-refractivity contribution < 1.29 is 24.3 Å². The van der Waals surface area contributed by atoms with Gasteiger partial charge in [0.15, 0.2) is 11.5 Å². The molecular weight excluding hydrogens is 388 g/mol. The summed E-state index contributed by atoms with van der Waals surface area (Å²) >= 11 is 5.81. The molecule has 0 aliphatic rings. The summed E-state index contributed by atoms with van der Waals surface area (Å²) in [5.41, 5.74) is -0.845. The molecule has 0 spiro atoms. The monoisotopic (exact) mass is 408 g/mol. The van der Waals surface area contributed by atoms with E-state index in [1.807, 2.05) is 0 Å². The van der Waals surface area contributed by atoms with Gasteiger partial charge in [0.1, 0.15) is 0 Å². The molecule has 0 aliphatic carbocycles. The summed E-state index contributed by atoms with van der Waals surface area (Å²) in [6, 6.07) is 8.45. The van der Waals surface area contributed by atoms with E-state index in [0.717, 1.165) is 0 Å². The number of ether oxygens (including phenoxy) is 2. The molecule has 0 radical (unpaired) electrons. The first-order chi connectivity index (χ1) is 13.0. The number of rotatable bonds is 7. The van der Waals surface area contributed by atoms with Crippen molar-refractivity contribution in [2.45, 2.75) is 32.4 Å². The van der Waals surface area contributed by atoms with Gasteiger partial charge in [-0.05, 0) is 51.1 Å². The fraction of sp³-hybridized carbons (Fsp3) is 0.316. The van der Waals surface area contributed by atoms with Crippen LogP contribution in [0.4, 0.5) is 5.69 Å². The lowest BCUT2D eigenvalue weighted by Gasteiger charge is -2.29. The lowest BCUT2D eigenvalue weighted by molar-refractivity contribution is -0.385. The van der Waals surface area contributed by atoms with Crippen molar-refractivity contribution in [2.24, 2.45) is 0 Å². The molecule has 8 nitrogen and oxygen atoms in total. The number of hydrogen-bond donors (Lipinski definition) is 2. The van der Waals surface area contributed by atoms with Crippen LogP contribution in [0.1, 0.15) is 31.1 Å². The Hall–Kier alpha value is -2.84. The second-order valence-corrected chi connectivity index (χ2v) is 7.13. The van der Waals surface area contributed by atoms with Gasteiger partial charge in [-0.15, -0.1) is 0 Å². The maximum absolute atomic E-state index is 12.5. The molecule has 2 rings (SSSR count). The SMILES string of the molecule is COc1cc(C(=O)NC(C)(C)C(C)O)ccc1Oc1ccc(Cl)cc1[N+](=O)[O-]. The molecule has 0 aromatic heterocycles. The van der Waals surface area contributed by atoms with Crippen LogP contribution in [0.25, 0.3) is 0 Å². The second kappa shape index (κ2) is 8.45. The van der Waals surface area contributed by atoms with Gasteiger partial charge in [0, 0.05) is 16.7 Å². The smallest absolute Gasteiger partial charge is 0.313 e. The summed E-state index contributed by atoms with van der Waals surface area (Å²) in [4.78, 5) is 23.1. The van der Waals surface area contributed by atoms with Crippen molar-refractivity contribution in [3.8, 4) is 17.2 Å². The highest BCUT2D eigenvalue weighted by molar-refractivity contribution is 6.30. The fourth-order valence-electron chi connectivity index (χ4n) is 2.20. The molecule has 1 atom stereocenters. The number of nitrogens with one attached hydrogen (secondary N) is 1. The van der Waals surface area contributed by atoms with E-state index in [1.54, 1.807) is 20.8 Å². The third kappa shape index (κ3) is 4.90. The van der Waals surface area contributed by atoms with E-state index in [0.29, 0.717) is 0 Å². The number of benzene rings is 2. The van der Waals surface area contributed by atoms with Crippen LogP contribution in [-0.2, 0) is 0 Å². The first-order valence-electron chi connectivity index (χ1n) is 8.35. The second-order valence-electron chi connectivity index (χ2n) is 6.69. The molecule has 28 heavy (non-hydrogen) atoms. The van der Waals surface area contributed by atoms with E-state index < -0.39 is 22.5 Å². The van der Waals surface area contributed by atoms with E-state index in [4.69, 9.17) is 21.1 Å². The summed E-state index contributed by atoms with van der Waals surface area (Å²) in [6.45, 7) is 4.98. The summed E-state index contributed by atoms with van der Waals surface area (Å²) in [7, 11) is 1.39. The normalized spacial score (nSPS) is 12.2. The predicted molar refractivity (Wildman–Crippen MR) is 104 cm³/mol. The van der Waals surface area contributed by atoms with Gasteiger partial charge in [-0.25, -0.2) is 0 Å². The largest absolute Gasteiger partial charge is 0.493 e. The number of aliphatic hydroxyl groups excluding tert-OH is 1. The van der Waals surface area contributed by atoms with E-state index in [1.165, 1.54) is 43.5 Å². The quantitative estimate of drug-likeness (QED) is 0.530. The zero-order chi connectivity index (χ0) is 21.1. The molecule has 0 aliphatic heterocycles. The van der Waals surface area contributed by atoms with Crippen LogP contribution in [0, 0.1) is 10.1 Å². The molecule has 0 fully saturated rings. The number of carbonyl (C=O) groups is 1. The maximum Gasteiger partial charge on any atom is 0.313 e. The molecule has 0 saturated carbocycles. The minimum atomic E-state index is -0.830. The zero-order valence-corrected chi connectivity index (χ0v) is 16.6. The van der Waals surface area contributed by atoms with Crippen LogP contribution < -0.4 is 14.8 Å². The number of amides is 1. The Labute approximate surface area is 167 Å². The Morgan fingerprint density at radius 1 is 1.21 bits per heavy atom. The molecule has 0 bridgehead atoms. The van der Waals surface area contributed by atoms with Crippen LogP contribution in [0.2, 0.25) is 5.02 Å². The Morgan fingerprint density at radius 2 is 1.86 bits per heavy atom. The average molecular weight is 409 g/mol. The Bertz CT molecular complexity index is 898. The molecule has 1 amide bonds. The summed E-state index contributed by atoms with van der Waals surface area (Å²) in [5.74, 6) is -0.0145.